The van der Waals surface area contributed by atoms with Crippen molar-refractivity contribution in [1.29, 1.82) is 0 Å². The van der Waals surface area contributed by atoms with Crippen molar-refractivity contribution in [2.75, 3.05) is 0 Å². The Morgan fingerprint density at radius 3 is 2.62 bits per heavy atom. The number of phenols is 1. The molecule has 2 aliphatic rings. The normalized spacial score (nSPS) is 19.9. The van der Waals surface area contributed by atoms with Gasteiger partial charge in [-0.1, -0.05) is 13.8 Å². The van der Waals surface area contributed by atoms with Crippen LogP contribution in [0.1, 0.15) is 45.7 Å². The fourth-order valence-corrected chi connectivity index (χ4v) is 2.75. The molecule has 16 heavy (non-hydrogen) atoms. The van der Waals surface area contributed by atoms with Crippen LogP contribution in [0.15, 0.2) is 6.07 Å². The summed E-state index contributed by atoms with van der Waals surface area (Å²) >= 11 is 0. The summed E-state index contributed by atoms with van der Waals surface area (Å²) in [6, 6.07) is 1.40. The van der Waals surface area contributed by atoms with Crippen LogP contribution < -0.4 is 5.32 Å². The molecule has 3 rings (SSSR count). The highest BCUT2D eigenvalue weighted by atomic mass is 16.3. The van der Waals surface area contributed by atoms with Gasteiger partial charge in [-0.2, -0.15) is 0 Å². The van der Waals surface area contributed by atoms with E-state index in [1.807, 2.05) is 13.8 Å². The number of hydrogen-bond donors (Lipinski definition) is 2. The van der Waals surface area contributed by atoms with E-state index >= 15 is 0 Å². The molecule has 1 heterocycles. The SMILES string of the molecule is CC1(C)Cc2c3c(cc(O)c21)C(=O)NC3=O. The Labute approximate surface area is 92.3 Å². The smallest absolute Gasteiger partial charge is 0.259 e. The second-order valence-corrected chi connectivity index (χ2v) is 5.02. The lowest BCUT2D eigenvalue weighted by Gasteiger charge is -2.39. The van der Waals surface area contributed by atoms with E-state index in [1.165, 1.54) is 6.07 Å². The Hall–Kier alpha value is -1.84. The van der Waals surface area contributed by atoms with Crippen LogP contribution in [0.2, 0.25) is 0 Å². The lowest BCUT2D eigenvalue weighted by Crippen LogP contribution is -2.34. The highest BCUT2D eigenvalue weighted by Gasteiger charge is 2.44. The molecular formula is C12H11NO3. The summed E-state index contributed by atoms with van der Waals surface area (Å²) in [5.41, 5.74) is 2.27. The van der Waals surface area contributed by atoms with Crippen molar-refractivity contribution in [2.24, 2.45) is 0 Å². The largest absolute Gasteiger partial charge is 0.508 e. The molecule has 0 saturated carbocycles. The summed E-state index contributed by atoms with van der Waals surface area (Å²) in [5.74, 6) is -0.635. The van der Waals surface area contributed by atoms with Gasteiger partial charge in [0.1, 0.15) is 5.75 Å². The number of benzene rings is 1. The number of fused-ring (bicyclic) bond motifs is 3. The number of aromatic hydroxyl groups is 1. The van der Waals surface area contributed by atoms with Crippen LogP contribution in [0.5, 0.6) is 5.75 Å². The molecule has 0 bridgehead atoms. The van der Waals surface area contributed by atoms with Gasteiger partial charge in [0, 0.05) is 5.56 Å². The molecule has 0 spiro atoms. The lowest BCUT2D eigenvalue weighted by atomic mass is 9.64. The first-order chi connectivity index (χ1) is 7.42. The highest BCUT2D eigenvalue weighted by Crippen LogP contribution is 2.48. The number of nitrogens with one attached hydrogen (secondary N) is 1. The molecule has 0 saturated heterocycles. The molecule has 2 N–H and O–H groups in total. The maximum absolute atomic E-state index is 11.6. The zero-order valence-corrected chi connectivity index (χ0v) is 9.05. The highest BCUT2D eigenvalue weighted by molar-refractivity contribution is 6.22. The van der Waals surface area contributed by atoms with Crippen LogP contribution in [0, 0.1) is 0 Å². The van der Waals surface area contributed by atoms with Crippen molar-refractivity contribution in [3.8, 4) is 5.75 Å². The van der Waals surface area contributed by atoms with E-state index in [4.69, 9.17) is 0 Å². The number of amides is 2. The standard InChI is InChI=1S/C12H11NO3/c1-12(2)4-6-8-5(3-7(14)9(6)12)10(15)13-11(8)16/h3,14H,4H2,1-2H3,(H,13,15,16). The summed E-state index contributed by atoms with van der Waals surface area (Å²) in [6.07, 6.45) is 0.722. The fourth-order valence-electron chi connectivity index (χ4n) is 2.75. The molecule has 0 unspecified atom stereocenters. The summed E-state index contributed by atoms with van der Waals surface area (Å²) in [7, 11) is 0. The molecule has 1 aliphatic carbocycles. The van der Waals surface area contributed by atoms with Crippen LogP contribution in [0.4, 0.5) is 0 Å². The number of imide groups is 1. The molecule has 0 aromatic heterocycles. The van der Waals surface area contributed by atoms with E-state index in [0.29, 0.717) is 11.1 Å². The second kappa shape index (κ2) is 2.45. The maximum atomic E-state index is 11.6. The first-order valence-electron chi connectivity index (χ1n) is 5.17. The molecule has 1 aromatic rings. The molecule has 82 valence electrons. The van der Waals surface area contributed by atoms with Crippen molar-refractivity contribution < 1.29 is 14.7 Å². The molecule has 4 heteroatoms. The number of carbonyl (C=O) groups is 2. The number of rotatable bonds is 0. The first kappa shape index (κ1) is 9.39. The minimum absolute atomic E-state index is 0.111. The molecule has 1 aromatic carbocycles. The van der Waals surface area contributed by atoms with Gasteiger partial charge in [0.05, 0.1) is 11.1 Å². The molecule has 0 radical (unpaired) electrons. The van der Waals surface area contributed by atoms with Crippen molar-refractivity contribution >= 4 is 11.8 Å². The van der Waals surface area contributed by atoms with Gasteiger partial charge < -0.3 is 5.11 Å². The lowest BCUT2D eigenvalue weighted by molar-refractivity contribution is 0.0879. The van der Waals surface area contributed by atoms with Crippen molar-refractivity contribution in [3.05, 3.63) is 28.3 Å². The number of carbonyl (C=O) groups excluding carboxylic acids is 2. The monoisotopic (exact) mass is 217 g/mol. The van der Waals surface area contributed by atoms with Gasteiger partial charge >= 0.3 is 0 Å². The fraction of sp³-hybridized carbons (Fsp3) is 0.333. The Morgan fingerprint density at radius 2 is 2.00 bits per heavy atom. The van der Waals surface area contributed by atoms with Crippen LogP contribution in [0.3, 0.4) is 0 Å². The maximum Gasteiger partial charge on any atom is 0.259 e. The van der Waals surface area contributed by atoms with Gasteiger partial charge in [-0.15, -0.1) is 0 Å². The first-order valence-corrected chi connectivity index (χ1v) is 5.17. The summed E-state index contributed by atoms with van der Waals surface area (Å²) < 4.78 is 0. The van der Waals surface area contributed by atoms with Gasteiger partial charge in [0.15, 0.2) is 0 Å². The van der Waals surface area contributed by atoms with Crippen molar-refractivity contribution in [2.45, 2.75) is 25.7 Å². The molecule has 0 atom stereocenters. The van der Waals surface area contributed by atoms with Crippen LogP contribution in [0.25, 0.3) is 0 Å². The average Bonchev–Trinajstić information content (AvgIpc) is 2.39. The van der Waals surface area contributed by atoms with Crippen LogP contribution >= 0.6 is 0 Å². The minimum Gasteiger partial charge on any atom is -0.508 e. The second-order valence-electron chi connectivity index (χ2n) is 5.02. The third-order valence-electron chi connectivity index (χ3n) is 3.40. The van der Waals surface area contributed by atoms with Crippen molar-refractivity contribution in [1.82, 2.24) is 5.32 Å². The van der Waals surface area contributed by atoms with E-state index in [-0.39, 0.29) is 17.1 Å². The molecule has 2 amide bonds. The van der Waals surface area contributed by atoms with E-state index in [2.05, 4.69) is 5.32 Å². The Morgan fingerprint density at radius 1 is 1.31 bits per heavy atom. The van der Waals surface area contributed by atoms with E-state index in [9.17, 15) is 14.7 Å². The average molecular weight is 217 g/mol. The molecule has 1 aliphatic heterocycles. The number of phenolic OH excluding ortho intramolecular Hbond substituents is 1. The predicted octanol–water partition coefficient (Wildman–Crippen LogP) is 1.11. The Kier molecular flexibility index (Phi) is 1.44. The van der Waals surface area contributed by atoms with Gasteiger partial charge in [-0.3, -0.25) is 14.9 Å². The zero-order chi connectivity index (χ0) is 11.7. The predicted molar refractivity (Wildman–Crippen MR) is 56.6 cm³/mol. The van der Waals surface area contributed by atoms with Gasteiger partial charge in [0.25, 0.3) is 11.8 Å². The van der Waals surface area contributed by atoms with E-state index in [0.717, 1.165) is 17.5 Å². The van der Waals surface area contributed by atoms with Gasteiger partial charge in [-0.25, -0.2) is 0 Å². The van der Waals surface area contributed by atoms with Crippen LogP contribution in [-0.4, -0.2) is 16.9 Å². The summed E-state index contributed by atoms with van der Waals surface area (Å²) in [6.45, 7) is 4.02. The summed E-state index contributed by atoms with van der Waals surface area (Å²) in [5, 5.41) is 12.1. The molecule has 4 nitrogen and oxygen atoms in total. The van der Waals surface area contributed by atoms with E-state index < -0.39 is 5.91 Å². The third kappa shape index (κ3) is 0.894. The topological polar surface area (TPSA) is 66.4 Å². The molecular weight excluding hydrogens is 206 g/mol. The van der Waals surface area contributed by atoms with Crippen molar-refractivity contribution in [3.63, 3.8) is 0 Å². The quantitative estimate of drug-likeness (QED) is 0.640. The third-order valence-corrected chi connectivity index (χ3v) is 3.40. The van der Waals surface area contributed by atoms with Gasteiger partial charge in [0.2, 0.25) is 0 Å². The Balaban J connectivity index is 2.34. The number of hydrogen-bond acceptors (Lipinski definition) is 3. The molecule has 0 fully saturated rings. The van der Waals surface area contributed by atoms with Crippen LogP contribution in [-0.2, 0) is 11.8 Å². The van der Waals surface area contributed by atoms with Gasteiger partial charge in [-0.05, 0) is 23.5 Å². The zero-order valence-electron chi connectivity index (χ0n) is 9.05. The minimum atomic E-state index is -0.414. The Bertz CT molecular complexity index is 558. The summed E-state index contributed by atoms with van der Waals surface area (Å²) in [4.78, 5) is 23.0. The van der Waals surface area contributed by atoms with E-state index in [1.54, 1.807) is 0 Å².